The van der Waals surface area contributed by atoms with E-state index in [0.29, 0.717) is 19.4 Å². The van der Waals surface area contributed by atoms with Crippen molar-refractivity contribution in [3.63, 3.8) is 0 Å². The number of rotatable bonds is 5. The van der Waals surface area contributed by atoms with Crippen molar-refractivity contribution in [3.8, 4) is 0 Å². The van der Waals surface area contributed by atoms with Gasteiger partial charge >= 0.3 is 5.97 Å². The maximum absolute atomic E-state index is 12.6. The molecule has 2 rings (SSSR count). The molecule has 0 bridgehead atoms. The molecular formula is C15H20ClNO5S. The first-order valence-electron chi connectivity index (χ1n) is 7.20. The molecule has 1 N–H and O–H groups in total. The molecule has 0 aromatic heterocycles. The van der Waals surface area contributed by atoms with Crippen LogP contribution in [0.15, 0.2) is 29.2 Å². The number of halogens is 1. The lowest BCUT2D eigenvalue weighted by Gasteiger charge is -2.18. The molecule has 0 aliphatic carbocycles. The molecule has 8 heteroatoms. The normalized spacial score (nSPS) is 17.6. The van der Waals surface area contributed by atoms with Gasteiger partial charge in [-0.15, -0.1) is 12.4 Å². The first-order valence-corrected chi connectivity index (χ1v) is 8.86. The maximum atomic E-state index is 12.6. The van der Waals surface area contributed by atoms with Crippen molar-refractivity contribution >= 4 is 34.1 Å². The summed E-state index contributed by atoms with van der Waals surface area (Å²) >= 11 is 0. The van der Waals surface area contributed by atoms with Crippen LogP contribution in [0.25, 0.3) is 0 Å². The number of carbonyl (C=O) groups is 2. The Kier molecular flexibility index (Phi) is 6.58. The highest BCUT2D eigenvalue weighted by molar-refractivity contribution is 7.91. The predicted molar refractivity (Wildman–Crippen MR) is 87.7 cm³/mol. The van der Waals surface area contributed by atoms with Crippen molar-refractivity contribution in [3.05, 3.63) is 29.8 Å². The monoisotopic (exact) mass is 361 g/mol. The minimum atomic E-state index is -3.51. The third kappa shape index (κ3) is 4.23. The molecule has 23 heavy (non-hydrogen) atoms. The molecular weight excluding hydrogens is 342 g/mol. The van der Waals surface area contributed by atoms with E-state index in [9.17, 15) is 18.0 Å². The number of hydrogen-bond donors (Lipinski definition) is 1. The average molecular weight is 362 g/mol. The lowest BCUT2D eigenvalue weighted by Crippen LogP contribution is -2.31. The lowest BCUT2D eigenvalue weighted by atomic mass is 10.1. The van der Waals surface area contributed by atoms with Gasteiger partial charge in [-0.2, -0.15) is 0 Å². The second-order valence-electron chi connectivity index (χ2n) is 5.39. The zero-order valence-electron chi connectivity index (χ0n) is 12.8. The van der Waals surface area contributed by atoms with Gasteiger partial charge in [0.1, 0.15) is 0 Å². The predicted octanol–water partition coefficient (Wildman–Crippen LogP) is 1.84. The highest BCUT2D eigenvalue weighted by Gasteiger charge is 2.33. The van der Waals surface area contributed by atoms with Gasteiger partial charge in [-0.3, -0.25) is 9.59 Å². The number of aliphatic carboxylic acids is 1. The molecule has 1 aliphatic rings. The average Bonchev–Trinajstić information content (AvgIpc) is 2.96. The quantitative estimate of drug-likeness (QED) is 0.863. The summed E-state index contributed by atoms with van der Waals surface area (Å²) in [5.41, 5.74) is 0.127. The minimum Gasteiger partial charge on any atom is -0.481 e. The largest absolute Gasteiger partial charge is 0.481 e. The summed E-state index contributed by atoms with van der Waals surface area (Å²) in [5, 5.41) is 9.00. The number of nitrogens with zero attached hydrogens (tertiary/aromatic N) is 1. The van der Waals surface area contributed by atoms with Crippen molar-refractivity contribution in [2.75, 3.05) is 18.8 Å². The second kappa shape index (κ2) is 7.79. The fraction of sp³-hybridized carbons (Fsp3) is 0.467. The van der Waals surface area contributed by atoms with Crippen molar-refractivity contribution < 1.29 is 23.1 Å². The summed E-state index contributed by atoms with van der Waals surface area (Å²) in [6.45, 7) is 2.22. The minimum absolute atomic E-state index is 0. The fourth-order valence-corrected chi connectivity index (χ4v) is 4.14. The Bertz CT molecular complexity index is 689. The number of likely N-dealkylation sites (tertiary alicyclic amines) is 1. The first-order chi connectivity index (χ1) is 10.4. The van der Waals surface area contributed by atoms with Crippen molar-refractivity contribution in [1.29, 1.82) is 0 Å². The van der Waals surface area contributed by atoms with E-state index in [1.54, 1.807) is 19.1 Å². The first kappa shape index (κ1) is 19.4. The van der Waals surface area contributed by atoms with Crippen molar-refractivity contribution in [1.82, 2.24) is 4.90 Å². The Morgan fingerprint density at radius 2 is 1.96 bits per heavy atom. The number of hydrogen-bond acceptors (Lipinski definition) is 4. The number of sulfone groups is 1. The van der Waals surface area contributed by atoms with Gasteiger partial charge in [0.2, 0.25) is 0 Å². The van der Waals surface area contributed by atoms with E-state index in [0.717, 1.165) is 0 Å². The topological polar surface area (TPSA) is 91.8 Å². The molecule has 0 saturated carbocycles. The van der Waals surface area contributed by atoms with Crippen LogP contribution in [0, 0.1) is 5.92 Å². The van der Waals surface area contributed by atoms with Crippen LogP contribution < -0.4 is 0 Å². The van der Waals surface area contributed by atoms with E-state index in [-0.39, 0.29) is 35.2 Å². The van der Waals surface area contributed by atoms with Crippen LogP contribution in [-0.2, 0) is 14.6 Å². The molecule has 1 atom stereocenters. The van der Waals surface area contributed by atoms with Gasteiger partial charge < -0.3 is 10.0 Å². The highest BCUT2D eigenvalue weighted by Crippen LogP contribution is 2.23. The summed E-state index contributed by atoms with van der Waals surface area (Å²) < 4.78 is 24.6. The van der Waals surface area contributed by atoms with Gasteiger partial charge in [-0.05, 0) is 25.0 Å². The maximum Gasteiger partial charge on any atom is 0.308 e. The Hall–Kier alpha value is -1.60. The number of carbonyl (C=O) groups excluding carboxylic acids is 1. The van der Waals surface area contributed by atoms with E-state index in [2.05, 4.69) is 0 Å². The van der Waals surface area contributed by atoms with E-state index >= 15 is 0 Å². The summed E-state index contributed by atoms with van der Waals surface area (Å²) in [7, 11) is -3.51. The molecule has 1 unspecified atom stereocenters. The molecule has 1 saturated heterocycles. The number of benzene rings is 1. The zero-order chi connectivity index (χ0) is 16.3. The fourth-order valence-electron chi connectivity index (χ4n) is 2.61. The molecule has 1 fully saturated rings. The van der Waals surface area contributed by atoms with Crippen LogP contribution in [-0.4, -0.2) is 49.1 Å². The van der Waals surface area contributed by atoms with Crippen LogP contribution in [0.3, 0.4) is 0 Å². The molecule has 1 heterocycles. The summed E-state index contributed by atoms with van der Waals surface area (Å²) in [6.07, 6.45) is 0.862. The van der Waals surface area contributed by atoms with Gasteiger partial charge in [-0.1, -0.05) is 19.1 Å². The Morgan fingerprint density at radius 1 is 1.30 bits per heavy atom. The number of carboxylic acid groups (broad SMARTS) is 1. The molecule has 128 valence electrons. The number of carboxylic acids is 1. The van der Waals surface area contributed by atoms with Crippen molar-refractivity contribution in [2.24, 2.45) is 5.92 Å². The van der Waals surface area contributed by atoms with Gasteiger partial charge in [0.05, 0.1) is 22.1 Å². The Balaban J connectivity index is 0.00000264. The Labute approximate surface area is 141 Å². The molecule has 6 nitrogen and oxygen atoms in total. The van der Waals surface area contributed by atoms with E-state index in [4.69, 9.17) is 5.11 Å². The standard InChI is InChI=1S/C15H19NO5S.ClH/c1-2-9-22(20,21)13-6-4-3-5-12(13)14(17)16-8-7-11(10-16)15(18)19;/h3-6,11H,2,7-10H2,1H3,(H,18,19);1H. The van der Waals surface area contributed by atoms with Crippen LogP contribution in [0.4, 0.5) is 0 Å². The van der Waals surface area contributed by atoms with E-state index in [1.807, 2.05) is 0 Å². The second-order valence-corrected chi connectivity index (χ2v) is 7.47. The van der Waals surface area contributed by atoms with E-state index in [1.165, 1.54) is 17.0 Å². The molecule has 0 spiro atoms. The van der Waals surface area contributed by atoms with Crippen LogP contribution in [0.2, 0.25) is 0 Å². The van der Waals surface area contributed by atoms with E-state index < -0.39 is 27.6 Å². The molecule has 1 amide bonds. The summed E-state index contributed by atoms with van der Waals surface area (Å²) in [5.74, 6) is -1.95. The van der Waals surface area contributed by atoms with Crippen LogP contribution in [0.1, 0.15) is 30.1 Å². The zero-order valence-corrected chi connectivity index (χ0v) is 14.4. The lowest BCUT2D eigenvalue weighted by molar-refractivity contribution is -0.141. The Morgan fingerprint density at radius 3 is 2.52 bits per heavy atom. The van der Waals surface area contributed by atoms with Gasteiger partial charge in [0.15, 0.2) is 9.84 Å². The molecule has 0 radical (unpaired) electrons. The van der Waals surface area contributed by atoms with Crippen LogP contribution in [0.5, 0.6) is 0 Å². The van der Waals surface area contributed by atoms with Gasteiger partial charge in [0, 0.05) is 13.1 Å². The molecule has 1 aromatic rings. The third-order valence-electron chi connectivity index (χ3n) is 3.75. The van der Waals surface area contributed by atoms with Gasteiger partial charge in [0.25, 0.3) is 5.91 Å². The molecule has 1 aliphatic heterocycles. The summed E-state index contributed by atoms with van der Waals surface area (Å²) in [4.78, 5) is 25.0. The van der Waals surface area contributed by atoms with Crippen molar-refractivity contribution in [2.45, 2.75) is 24.7 Å². The highest BCUT2D eigenvalue weighted by atomic mass is 35.5. The summed E-state index contributed by atoms with van der Waals surface area (Å²) in [6, 6.07) is 6.12. The number of amides is 1. The smallest absolute Gasteiger partial charge is 0.308 e. The molecule has 1 aromatic carbocycles. The van der Waals surface area contributed by atoms with Crippen LogP contribution >= 0.6 is 12.4 Å². The third-order valence-corrected chi connectivity index (χ3v) is 5.72. The SMILES string of the molecule is CCCS(=O)(=O)c1ccccc1C(=O)N1CCC(C(=O)O)C1.Cl. The van der Waals surface area contributed by atoms with Gasteiger partial charge in [-0.25, -0.2) is 8.42 Å².